The summed E-state index contributed by atoms with van der Waals surface area (Å²) in [4.78, 5) is 15.1. The standard InChI is InChI=1S/C16H16N2OS2/c19-15(13-6-3-8-17-16(13)20)18-10-14-12-5-2-1-4-11(12)7-9-21-14/h1-6,8,14H,7,9-10H2,(H,17,20)(H,18,19)/t14-/m0/s1. The van der Waals surface area contributed by atoms with E-state index in [-0.39, 0.29) is 5.91 Å². The van der Waals surface area contributed by atoms with E-state index in [1.807, 2.05) is 11.8 Å². The maximum absolute atomic E-state index is 12.2. The van der Waals surface area contributed by atoms with Crippen molar-refractivity contribution in [1.29, 1.82) is 0 Å². The molecule has 1 aromatic carbocycles. The maximum atomic E-state index is 12.2. The van der Waals surface area contributed by atoms with Crippen molar-refractivity contribution in [3.05, 3.63) is 63.9 Å². The number of benzene rings is 1. The molecule has 0 bridgehead atoms. The molecule has 0 aliphatic carbocycles. The normalized spacial score (nSPS) is 17.0. The van der Waals surface area contributed by atoms with E-state index >= 15 is 0 Å². The SMILES string of the molecule is O=C(NC[C@@H]1SCCc2ccccc21)c1ccc[nH]c1=S. The van der Waals surface area contributed by atoms with E-state index in [0.717, 1.165) is 12.2 Å². The third kappa shape index (κ3) is 3.19. The molecule has 21 heavy (non-hydrogen) atoms. The molecule has 2 N–H and O–H groups in total. The van der Waals surface area contributed by atoms with Gasteiger partial charge in [-0.1, -0.05) is 36.5 Å². The summed E-state index contributed by atoms with van der Waals surface area (Å²) in [5.41, 5.74) is 3.27. The minimum Gasteiger partial charge on any atom is -0.352 e. The van der Waals surface area contributed by atoms with Crippen LogP contribution in [0.1, 0.15) is 26.7 Å². The third-order valence-electron chi connectivity index (χ3n) is 3.60. The lowest BCUT2D eigenvalue weighted by atomic mass is 10.0. The largest absolute Gasteiger partial charge is 0.352 e. The van der Waals surface area contributed by atoms with Gasteiger partial charge < -0.3 is 10.3 Å². The Bertz CT molecular complexity index is 711. The predicted molar refractivity (Wildman–Crippen MR) is 89.3 cm³/mol. The van der Waals surface area contributed by atoms with Gasteiger partial charge in [-0.2, -0.15) is 11.8 Å². The van der Waals surface area contributed by atoms with E-state index in [1.54, 1.807) is 18.3 Å². The van der Waals surface area contributed by atoms with Crippen molar-refractivity contribution in [2.75, 3.05) is 12.3 Å². The highest BCUT2D eigenvalue weighted by Crippen LogP contribution is 2.35. The number of aromatic amines is 1. The van der Waals surface area contributed by atoms with Crippen molar-refractivity contribution >= 4 is 29.9 Å². The highest BCUT2D eigenvalue weighted by atomic mass is 32.2. The average molecular weight is 316 g/mol. The average Bonchev–Trinajstić information content (AvgIpc) is 2.53. The Labute approximate surface area is 133 Å². The topological polar surface area (TPSA) is 44.9 Å². The predicted octanol–water partition coefficient (Wildman–Crippen LogP) is 3.50. The van der Waals surface area contributed by atoms with Gasteiger partial charge in [-0.3, -0.25) is 4.79 Å². The monoisotopic (exact) mass is 316 g/mol. The number of rotatable bonds is 3. The molecule has 0 radical (unpaired) electrons. The highest BCUT2D eigenvalue weighted by Gasteiger charge is 2.21. The number of carbonyl (C=O) groups is 1. The van der Waals surface area contributed by atoms with Crippen molar-refractivity contribution in [2.24, 2.45) is 0 Å². The summed E-state index contributed by atoms with van der Waals surface area (Å²) in [5, 5.41) is 3.32. The molecule has 1 atom stereocenters. The number of thioether (sulfide) groups is 1. The van der Waals surface area contributed by atoms with Gasteiger partial charge in [0.05, 0.1) is 5.56 Å². The van der Waals surface area contributed by atoms with Crippen LogP contribution in [0.5, 0.6) is 0 Å². The molecule has 108 valence electrons. The van der Waals surface area contributed by atoms with E-state index in [2.05, 4.69) is 34.6 Å². The zero-order valence-electron chi connectivity index (χ0n) is 11.5. The second-order valence-corrected chi connectivity index (χ2v) is 6.65. The van der Waals surface area contributed by atoms with Crippen LogP contribution in [-0.4, -0.2) is 23.2 Å². The summed E-state index contributed by atoms with van der Waals surface area (Å²) in [6.45, 7) is 0.629. The Morgan fingerprint density at radius 2 is 2.19 bits per heavy atom. The summed E-state index contributed by atoms with van der Waals surface area (Å²) in [6.07, 6.45) is 2.83. The molecule has 0 fully saturated rings. The van der Waals surface area contributed by atoms with Gasteiger partial charge in [0.25, 0.3) is 5.91 Å². The quantitative estimate of drug-likeness (QED) is 0.852. The Morgan fingerprint density at radius 3 is 3.05 bits per heavy atom. The zero-order valence-corrected chi connectivity index (χ0v) is 13.1. The molecule has 0 unspecified atom stereocenters. The lowest BCUT2D eigenvalue weighted by molar-refractivity contribution is 0.0953. The van der Waals surface area contributed by atoms with Crippen LogP contribution in [0.4, 0.5) is 0 Å². The number of hydrogen-bond acceptors (Lipinski definition) is 3. The molecular formula is C16H16N2OS2. The van der Waals surface area contributed by atoms with Crippen LogP contribution in [0, 0.1) is 4.64 Å². The van der Waals surface area contributed by atoms with Gasteiger partial charge in [0.2, 0.25) is 0 Å². The molecule has 0 saturated carbocycles. The van der Waals surface area contributed by atoms with Gasteiger partial charge in [-0.25, -0.2) is 0 Å². The lowest BCUT2D eigenvalue weighted by Gasteiger charge is -2.25. The maximum Gasteiger partial charge on any atom is 0.254 e. The zero-order chi connectivity index (χ0) is 14.7. The molecule has 5 heteroatoms. The Morgan fingerprint density at radius 1 is 1.33 bits per heavy atom. The summed E-state index contributed by atoms with van der Waals surface area (Å²) in [5.74, 6) is 0.990. The number of amides is 1. The minimum atomic E-state index is -0.111. The molecule has 2 heterocycles. The van der Waals surface area contributed by atoms with Crippen molar-refractivity contribution in [3.8, 4) is 0 Å². The molecular weight excluding hydrogens is 300 g/mol. The lowest BCUT2D eigenvalue weighted by Crippen LogP contribution is -2.29. The van der Waals surface area contributed by atoms with E-state index in [0.29, 0.717) is 22.0 Å². The van der Waals surface area contributed by atoms with Gasteiger partial charge in [0.15, 0.2) is 0 Å². The van der Waals surface area contributed by atoms with E-state index in [9.17, 15) is 4.79 Å². The van der Waals surface area contributed by atoms with Gasteiger partial charge in [0.1, 0.15) is 4.64 Å². The number of nitrogens with one attached hydrogen (secondary N) is 2. The minimum absolute atomic E-state index is 0.111. The molecule has 1 amide bonds. The number of pyridine rings is 1. The Hall–Kier alpha value is -1.59. The summed E-state index contributed by atoms with van der Waals surface area (Å²) in [6, 6.07) is 12.0. The first kappa shape index (κ1) is 14.4. The third-order valence-corrected chi connectivity index (χ3v) is 5.20. The highest BCUT2D eigenvalue weighted by molar-refractivity contribution is 7.99. The van der Waals surface area contributed by atoms with E-state index < -0.39 is 0 Å². The molecule has 3 nitrogen and oxygen atoms in total. The Balaban J connectivity index is 1.70. The number of H-pyrrole nitrogens is 1. The molecule has 2 aromatic rings. The van der Waals surface area contributed by atoms with Crippen LogP contribution in [0.2, 0.25) is 0 Å². The fourth-order valence-corrected chi connectivity index (χ4v) is 3.99. The second kappa shape index (κ2) is 6.45. The van der Waals surface area contributed by atoms with Crippen molar-refractivity contribution in [1.82, 2.24) is 10.3 Å². The number of carbonyl (C=O) groups excluding carboxylic acids is 1. The van der Waals surface area contributed by atoms with Crippen molar-refractivity contribution in [3.63, 3.8) is 0 Å². The molecule has 3 rings (SSSR count). The second-order valence-electron chi connectivity index (χ2n) is 4.93. The summed E-state index contributed by atoms with van der Waals surface area (Å²) in [7, 11) is 0. The van der Waals surface area contributed by atoms with Gasteiger partial charge in [-0.15, -0.1) is 0 Å². The van der Waals surface area contributed by atoms with E-state index in [1.165, 1.54) is 11.1 Å². The molecule has 0 spiro atoms. The fraction of sp³-hybridized carbons (Fsp3) is 0.250. The first-order valence-electron chi connectivity index (χ1n) is 6.91. The first-order chi connectivity index (χ1) is 10.3. The smallest absolute Gasteiger partial charge is 0.254 e. The number of aryl methyl sites for hydroxylation is 1. The molecule has 1 aliphatic rings. The van der Waals surface area contributed by atoms with Crippen LogP contribution in [0.15, 0.2) is 42.6 Å². The Kier molecular flexibility index (Phi) is 4.41. The van der Waals surface area contributed by atoms with Gasteiger partial charge in [-0.05, 0) is 35.4 Å². The van der Waals surface area contributed by atoms with Crippen LogP contribution in [0.25, 0.3) is 0 Å². The fourth-order valence-electron chi connectivity index (χ4n) is 2.53. The van der Waals surface area contributed by atoms with Crippen LogP contribution >= 0.6 is 24.0 Å². The number of fused-ring (bicyclic) bond motifs is 1. The van der Waals surface area contributed by atoms with E-state index in [4.69, 9.17) is 12.2 Å². The first-order valence-corrected chi connectivity index (χ1v) is 8.37. The van der Waals surface area contributed by atoms with Gasteiger partial charge >= 0.3 is 0 Å². The van der Waals surface area contributed by atoms with Crippen LogP contribution in [-0.2, 0) is 6.42 Å². The molecule has 1 aliphatic heterocycles. The summed E-state index contributed by atoms with van der Waals surface area (Å²) >= 11 is 7.04. The van der Waals surface area contributed by atoms with Crippen LogP contribution < -0.4 is 5.32 Å². The molecule has 0 saturated heterocycles. The summed E-state index contributed by atoms with van der Waals surface area (Å²) < 4.78 is 0.478. The van der Waals surface area contributed by atoms with Gasteiger partial charge in [0, 0.05) is 18.0 Å². The number of aromatic nitrogens is 1. The number of hydrogen-bond donors (Lipinski definition) is 2. The van der Waals surface area contributed by atoms with Crippen molar-refractivity contribution in [2.45, 2.75) is 11.7 Å². The van der Waals surface area contributed by atoms with Crippen molar-refractivity contribution < 1.29 is 4.79 Å². The van der Waals surface area contributed by atoms with Crippen LogP contribution in [0.3, 0.4) is 0 Å². The molecule has 1 aromatic heterocycles.